The van der Waals surface area contributed by atoms with Crippen LogP contribution >= 0.6 is 0 Å². The van der Waals surface area contributed by atoms with Gasteiger partial charge >= 0.3 is 0 Å². The predicted octanol–water partition coefficient (Wildman–Crippen LogP) is -0.0274. The summed E-state index contributed by atoms with van der Waals surface area (Å²) in [7, 11) is 0. The molecule has 2 aliphatic rings. The quantitative estimate of drug-likeness (QED) is 0.678. The van der Waals surface area contributed by atoms with Crippen LogP contribution in [0.1, 0.15) is 19.3 Å². The smallest absolute Gasteiger partial charge is 0.225 e. The van der Waals surface area contributed by atoms with Gasteiger partial charge in [-0.05, 0) is 12.8 Å². The minimum absolute atomic E-state index is 0.0489. The highest BCUT2D eigenvalue weighted by atomic mass is 16.5. The summed E-state index contributed by atoms with van der Waals surface area (Å²) in [5.41, 5.74) is 5.53. The van der Waals surface area contributed by atoms with Gasteiger partial charge in [0.2, 0.25) is 5.91 Å². The number of carbonyl (C=O) groups is 1. The molecule has 2 fully saturated rings. The van der Waals surface area contributed by atoms with E-state index in [9.17, 15) is 4.79 Å². The molecule has 2 N–H and O–H groups in total. The highest BCUT2D eigenvalue weighted by Gasteiger charge is 2.31. The summed E-state index contributed by atoms with van der Waals surface area (Å²) in [6.45, 7) is 2.58. The fraction of sp³-hybridized carbons (Fsp3) is 0.900. The first kappa shape index (κ1) is 9.93. The van der Waals surface area contributed by atoms with Crippen LogP contribution in [-0.2, 0) is 9.53 Å². The van der Waals surface area contributed by atoms with E-state index in [1.807, 2.05) is 4.90 Å². The minimum Gasteiger partial charge on any atom is -0.373 e. The average molecular weight is 198 g/mol. The Bertz CT molecular complexity index is 216. The first-order valence-corrected chi connectivity index (χ1v) is 5.41. The van der Waals surface area contributed by atoms with Crippen LogP contribution in [0.15, 0.2) is 0 Å². The Morgan fingerprint density at radius 1 is 1.50 bits per heavy atom. The molecule has 1 saturated heterocycles. The second-order valence-electron chi connectivity index (χ2n) is 4.14. The summed E-state index contributed by atoms with van der Waals surface area (Å²) in [4.78, 5) is 13.8. The van der Waals surface area contributed by atoms with E-state index in [0.29, 0.717) is 31.5 Å². The summed E-state index contributed by atoms with van der Waals surface area (Å²) in [5.74, 6) is 0.615. The number of nitrogens with zero attached hydrogens (tertiary/aromatic N) is 1. The molecule has 1 atom stereocenters. The highest BCUT2D eigenvalue weighted by molar-refractivity contribution is 5.79. The molecule has 0 bridgehead atoms. The Morgan fingerprint density at radius 3 is 2.86 bits per heavy atom. The van der Waals surface area contributed by atoms with Crippen LogP contribution in [-0.4, -0.2) is 43.2 Å². The van der Waals surface area contributed by atoms with E-state index in [0.717, 1.165) is 19.4 Å². The van der Waals surface area contributed by atoms with Gasteiger partial charge in [-0.3, -0.25) is 4.79 Å². The fourth-order valence-corrected chi connectivity index (χ4v) is 1.98. The third-order valence-corrected chi connectivity index (χ3v) is 3.17. The number of hydrogen-bond donors (Lipinski definition) is 1. The number of morpholine rings is 1. The van der Waals surface area contributed by atoms with Crippen molar-refractivity contribution >= 4 is 5.91 Å². The zero-order valence-corrected chi connectivity index (χ0v) is 8.45. The first-order chi connectivity index (χ1) is 6.81. The third-order valence-electron chi connectivity index (χ3n) is 3.17. The zero-order chi connectivity index (χ0) is 9.97. The third kappa shape index (κ3) is 1.91. The molecule has 0 spiro atoms. The van der Waals surface area contributed by atoms with Gasteiger partial charge in [-0.15, -0.1) is 0 Å². The minimum atomic E-state index is 0.0489. The van der Waals surface area contributed by atoms with Crippen molar-refractivity contribution in [1.29, 1.82) is 0 Å². The molecule has 4 nitrogen and oxygen atoms in total. The molecule has 4 heteroatoms. The van der Waals surface area contributed by atoms with Gasteiger partial charge in [-0.2, -0.15) is 0 Å². The predicted molar refractivity (Wildman–Crippen MR) is 52.7 cm³/mol. The molecule has 80 valence electrons. The van der Waals surface area contributed by atoms with Crippen LogP contribution in [0, 0.1) is 5.92 Å². The Balaban J connectivity index is 1.86. The van der Waals surface area contributed by atoms with E-state index in [2.05, 4.69) is 0 Å². The van der Waals surface area contributed by atoms with Crippen molar-refractivity contribution in [2.75, 3.05) is 26.2 Å². The largest absolute Gasteiger partial charge is 0.373 e. The van der Waals surface area contributed by atoms with Crippen molar-refractivity contribution in [3.63, 3.8) is 0 Å². The summed E-state index contributed by atoms with van der Waals surface area (Å²) in [5, 5.41) is 0. The molecule has 0 radical (unpaired) electrons. The molecule has 1 aliphatic heterocycles. The zero-order valence-electron chi connectivity index (χ0n) is 8.45. The second-order valence-corrected chi connectivity index (χ2v) is 4.14. The van der Waals surface area contributed by atoms with E-state index in [1.165, 1.54) is 6.42 Å². The molecular formula is C10H18N2O2. The normalized spacial score (nSPS) is 28.6. The maximum absolute atomic E-state index is 11.9. The molecule has 0 aromatic carbocycles. The van der Waals surface area contributed by atoms with Crippen LogP contribution in [0.5, 0.6) is 0 Å². The molecule has 1 heterocycles. The Morgan fingerprint density at radius 2 is 2.29 bits per heavy atom. The van der Waals surface area contributed by atoms with Crippen LogP contribution in [0.2, 0.25) is 0 Å². The maximum Gasteiger partial charge on any atom is 0.225 e. The first-order valence-electron chi connectivity index (χ1n) is 5.41. The molecule has 0 aromatic heterocycles. The molecule has 1 amide bonds. The molecule has 14 heavy (non-hydrogen) atoms. The Labute approximate surface area is 84.4 Å². The number of hydrogen-bond acceptors (Lipinski definition) is 3. The Kier molecular flexibility index (Phi) is 3.03. The molecule has 2 rings (SSSR count). The summed E-state index contributed by atoms with van der Waals surface area (Å²) in [6.07, 6.45) is 3.40. The second kappa shape index (κ2) is 4.28. The lowest BCUT2D eigenvalue weighted by atomic mass is 9.84. The van der Waals surface area contributed by atoms with Crippen LogP contribution in [0.3, 0.4) is 0 Å². The van der Waals surface area contributed by atoms with Gasteiger partial charge < -0.3 is 15.4 Å². The molecule has 1 unspecified atom stereocenters. The van der Waals surface area contributed by atoms with Gasteiger partial charge in [-0.1, -0.05) is 6.42 Å². The lowest BCUT2D eigenvalue weighted by Crippen LogP contribution is -2.50. The molecule has 1 saturated carbocycles. The van der Waals surface area contributed by atoms with E-state index in [-0.39, 0.29) is 6.10 Å². The van der Waals surface area contributed by atoms with Crippen molar-refractivity contribution in [2.24, 2.45) is 11.7 Å². The SMILES string of the molecule is NCC1CN(C(=O)C2CCC2)CCO1. The van der Waals surface area contributed by atoms with Crippen LogP contribution in [0.25, 0.3) is 0 Å². The summed E-state index contributed by atoms with van der Waals surface area (Å²) < 4.78 is 5.42. The van der Waals surface area contributed by atoms with Crippen LogP contribution < -0.4 is 5.73 Å². The van der Waals surface area contributed by atoms with Crippen molar-refractivity contribution in [3.8, 4) is 0 Å². The van der Waals surface area contributed by atoms with E-state index in [4.69, 9.17) is 10.5 Å². The molecule has 1 aliphatic carbocycles. The Hall–Kier alpha value is -0.610. The van der Waals surface area contributed by atoms with E-state index >= 15 is 0 Å². The molecule has 0 aromatic rings. The van der Waals surface area contributed by atoms with Gasteiger partial charge in [0.1, 0.15) is 0 Å². The summed E-state index contributed by atoms with van der Waals surface area (Å²) >= 11 is 0. The van der Waals surface area contributed by atoms with Crippen molar-refractivity contribution in [2.45, 2.75) is 25.4 Å². The van der Waals surface area contributed by atoms with Crippen molar-refractivity contribution in [1.82, 2.24) is 4.90 Å². The van der Waals surface area contributed by atoms with Crippen molar-refractivity contribution in [3.05, 3.63) is 0 Å². The van der Waals surface area contributed by atoms with E-state index in [1.54, 1.807) is 0 Å². The lowest BCUT2D eigenvalue weighted by Gasteiger charge is -2.36. The van der Waals surface area contributed by atoms with E-state index < -0.39 is 0 Å². The monoisotopic (exact) mass is 198 g/mol. The molecular weight excluding hydrogens is 180 g/mol. The van der Waals surface area contributed by atoms with Crippen molar-refractivity contribution < 1.29 is 9.53 Å². The lowest BCUT2D eigenvalue weighted by molar-refractivity contribution is -0.145. The highest BCUT2D eigenvalue weighted by Crippen LogP contribution is 2.28. The summed E-state index contributed by atoms with van der Waals surface area (Å²) in [6, 6.07) is 0. The van der Waals surface area contributed by atoms with Gasteiger partial charge in [0, 0.05) is 25.6 Å². The number of ether oxygens (including phenoxy) is 1. The van der Waals surface area contributed by atoms with Gasteiger partial charge in [-0.25, -0.2) is 0 Å². The number of nitrogens with two attached hydrogens (primary N) is 1. The van der Waals surface area contributed by atoms with Gasteiger partial charge in [0.25, 0.3) is 0 Å². The topological polar surface area (TPSA) is 55.6 Å². The number of rotatable bonds is 2. The fourth-order valence-electron chi connectivity index (χ4n) is 1.98. The van der Waals surface area contributed by atoms with Gasteiger partial charge in [0.15, 0.2) is 0 Å². The number of amides is 1. The van der Waals surface area contributed by atoms with Gasteiger partial charge in [0.05, 0.1) is 12.7 Å². The number of carbonyl (C=O) groups excluding carboxylic acids is 1. The van der Waals surface area contributed by atoms with Crippen LogP contribution in [0.4, 0.5) is 0 Å². The average Bonchev–Trinajstić information content (AvgIpc) is 2.15. The standard InChI is InChI=1S/C10H18N2O2/c11-6-9-7-12(4-5-14-9)10(13)8-2-1-3-8/h8-9H,1-7,11H2. The maximum atomic E-state index is 11.9.